The Kier molecular flexibility index (Phi) is 7.79. The Hall–Kier alpha value is -2.41. The molecule has 2 amide bonds. The van der Waals surface area contributed by atoms with E-state index in [1.54, 1.807) is 11.8 Å². The molecule has 148 valence electrons. The zero-order valence-corrected chi connectivity index (χ0v) is 16.1. The molecule has 1 aliphatic heterocycles. The van der Waals surface area contributed by atoms with Gasteiger partial charge in [-0.15, -0.1) is 0 Å². The topological polar surface area (TPSA) is 84.9 Å². The Morgan fingerprint density at radius 1 is 1.30 bits per heavy atom. The summed E-state index contributed by atoms with van der Waals surface area (Å²) in [5.74, 6) is -1.32. The van der Waals surface area contributed by atoms with E-state index >= 15 is 0 Å². The van der Waals surface area contributed by atoms with Crippen LogP contribution in [0.5, 0.6) is 0 Å². The Morgan fingerprint density at radius 3 is 2.59 bits per heavy atom. The first kappa shape index (κ1) is 20.9. The van der Waals surface area contributed by atoms with Crippen molar-refractivity contribution in [2.75, 3.05) is 20.8 Å². The third kappa shape index (κ3) is 5.29. The average Bonchev–Trinajstić information content (AvgIpc) is 3.16. The summed E-state index contributed by atoms with van der Waals surface area (Å²) in [5, 5.41) is 2.79. The number of likely N-dealkylation sites (tertiary alicyclic amines) is 1. The third-order valence-electron chi connectivity index (χ3n) is 5.12. The lowest BCUT2D eigenvalue weighted by Crippen LogP contribution is -2.51. The van der Waals surface area contributed by atoms with Crippen molar-refractivity contribution >= 4 is 18.3 Å². The first-order valence-corrected chi connectivity index (χ1v) is 9.17. The van der Waals surface area contributed by atoms with Crippen molar-refractivity contribution in [3.8, 4) is 0 Å². The number of nitrogens with zero attached hydrogens (tertiary/aromatic N) is 1. The molecule has 27 heavy (non-hydrogen) atoms. The molecule has 1 aromatic rings. The summed E-state index contributed by atoms with van der Waals surface area (Å²) in [4.78, 5) is 37.9. The van der Waals surface area contributed by atoms with Crippen LogP contribution in [0.4, 0.5) is 0 Å². The van der Waals surface area contributed by atoms with E-state index in [-0.39, 0.29) is 11.9 Å². The molecule has 7 nitrogen and oxygen atoms in total. The minimum Gasteiger partial charge on any atom is -0.467 e. The van der Waals surface area contributed by atoms with Gasteiger partial charge in [-0.1, -0.05) is 37.3 Å². The van der Waals surface area contributed by atoms with Crippen LogP contribution in [0.3, 0.4) is 0 Å². The van der Waals surface area contributed by atoms with Crippen molar-refractivity contribution in [1.82, 2.24) is 10.2 Å². The number of amides is 2. The number of carbonyl (C=O) groups excluding carboxylic acids is 3. The first-order chi connectivity index (χ1) is 13.0. The second-order valence-corrected chi connectivity index (χ2v) is 6.82. The van der Waals surface area contributed by atoms with Crippen LogP contribution >= 0.6 is 0 Å². The van der Waals surface area contributed by atoms with Gasteiger partial charge < -0.3 is 19.7 Å². The minimum atomic E-state index is -0.782. The van der Waals surface area contributed by atoms with Crippen LogP contribution in [0.15, 0.2) is 30.3 Å². The van der Waals surface area contributed by atoms with Crippen molar-refractivity contribution in [2.45, 2.75) is 44.4 Å². The van der Waals surface area contributed by atoms with Gasteiger partial charge in [0.05, 0.1) is 25.2 Å². The first-order valence-electron chi connectivity index (χ1n) is 9.17. The number of benzene rings is 1. The zero-order chi connectivity index (χ0) is 19.8. The number of ether oxygens (including phenoxy) is 2. The van der Waals surface area contributed by atoms with E-state index in [0.717, 1.165) is 24.8 Å². The lowest BCUT2D eigenvalue weighted by Gasteiger charge is -2.32. The molecular weight excluding hydrogens is 348 g/mol. The van der Waals surface area contributed by atoms with Gasteiger partial charge in [0, 0.05) is 20.1 Å². The molecule has 1 N–H and O–H groups in total. The summed E-state index contributed by atoms with van der Waals surface area (Å²) in [7, 11) is 2.84. The van der Waals surface area contributed by atoms with Crippen LogP contribution in [0, 0.1) is 5.92 Å². The molecule has 0 radical (unpaired) electrons. The lowest BCUT2D eigenvalue weighted by atomic mass is 9.94. The fourth-order valence-electron chi connectivity index (χ4n) is 3.63. The quantitative estimate of drug-likeness (QED) is 0.516. The summed E-state index contributed by atoms with van der Waals surface area (Å²) in [6.07, 6.45) is 2.39. The van der Waals surface area contributed by atoms with Gasteiger partial charge in [-0.2, -0.15) is 0 Å². The predicted molar refractivity (Wildman–Crippen MR) is 99.8 cm³/mol. The summed E-state index contributed by atoms with van der Waals surface area (Å²) >= 11 is 0. The molecule has 2 rings (SSSR count). The Labute approximate surface area is 160 Å². The van der Waals surface area contributed by atoms with Crippen molar-refractivity contribution in [3.63, 3.8) is 0 Å². The smallest absolute Gasteiger partial charge is 0.328 e. The summed E-state index contributed by atoms with van der Waals surface area (Å²) in [6, 6.07) is 8.51. The zero-order valence-electron chi connectivity index (χ0n) is 16.1. The Bertz CT molecular complexity index is 637. The number of hydrogen-bond acceptors (Lipinski definition) is 5. The van der Waals surface area contributed by atoms with Crippen LogP contribution < -0.4 is 5.32 Å². The molecule has 0 aromatic heterocycles. The highest BCUT2D eigenvalue weighted by Gasteiger charge is 2.38. The van der Waals surface area contributed by atoms with Gasteiger partial charge in [-0.05, 0) is 18.4 Å². The average molecular weight is 376 g/mol. The second kappa shape index (κ2) is 10.1. The van der Waals surface area contributed by atoms with Crippen LogP contribution in [0.1, 0.15) is 25.3 Å². The van der Waals surface area contributed by atoms with E-state index in [1.165, 1.54) is 14.2 Å². The van der Waals surface area contributed by atoms with Crippen LogP contribution in [0.2, 0.25) is 0 Å². The maximum Gasteiger partial charge on any atom is 0.328 e. The largest absolute Gasteiger partial charge is 0.467 e. The normalized spacial score (nSPS) is 19.8. The third-order valence-corrected chi connectivity index (χ3v) is 5.12. The van der Waals surface area contributed by atoms with Gasteiger partial charge in [0.2, 0.25) is 12.3 Å². The van der Waals surface area contributed by atoms with Gasteiger partial charge in [0.1, 0.15) is 6.04 Å². The van der Waals surface area contributed by atoms with E-state index in [9.17, 15) is 14.4 Å². The molecule has 0 saturated carbocycles. The van der Waals surface area contributed by atoms with Crippen molar-refractivity contribution in [3.05, 3.63) is 35.9 Å². The number of hydrogen-bond donors (Lipinski definition) is 1. The summed E-state index contributed by atoms with van der Waals surface area (Å²) < 4.78 is 10.4. The van der Waals surface area contributed by atoms with E-state index in [0.29, 0.717) is 13.0 Å². The lowest BCUT2D eigenvalue weighted by molar-refractivity contribution is -0.146. The molecule has 1 aromatic carbocycles. The molecule has 4 atom stereocenters. The second-order valence-electron chi connectivity index (χ2n) is 6.82. The molecule has 1 aliphatic rings. The van der Waals surface area contributed by atoms with Crippen LogP contribution in [-0.2, 0) is 30.3 Å². The molecular formula is C20H28N2O5. The summed E-state index contributed by atoms with van der Waals surface area (Å²) in [6.45, 7) is 2.42. The van der Waals surface area contributed by atoms with E-state index < -0.39 is 24.0 Å². The molecule has 1 saturated heterocycles. The highest BCUT2D eigenvalue weighted by molar-refractivity contribution is 5.86. The molecule has 7 heteroatoms. The minimum absolute atomic E-state index is 0.140. The predicted octanol–water partition coefficient (Wildman–Crippen LogP) is 1.16. The van der Waals surface area contributed by atoms with Gasteiger partial charge in [0.25, 0.3) is 0 Å². The number of esters is 1. The molecule has 0 unspecified atom stereocenters. The number of nitrogens with one attached hydrogen (secondary N) is 1. The molecule has 0 bridgehead atoms. The highest BCUT2D eigenvalue weighted by atomic mass is 16.5. The van der Waals surface area contributed by atoms with Gasteiger partial charge in [-0.3, -0.25) is 9.59 Å². The van der Waals surface area contributed by atoms with Crippen molar-refractivity contribution in [2.24, 2.45) is 5.92 Å². The van der Waals surface area contributed by atoms with Gasteiger partial charge in [-0.25, -0.2) is 4.79 Å². The number of rotatable bonds is 9. The fourth-order valence-corrected chi connectivity index (χ4v) is 3.63. The van der Waals surface area contributed by atoms with Crippen molar-refractivity contribution < 1.29 is 23.9 Å². The summed E-state index contributed by atoms with van der Waals surface area (Å²) in [5.41, 5.74) is 0.923. The van der Waals surface area contributed by atoms with Gasteiger partial charge >= 0.3 is 5.97 Å². The Morgan fingerprint density at radius 2 is 2.00 bits per heavy atom. The standard InChI is InChI=1S/C20H28N2O5/c1-14(18(26-2)17-10-7-11-22(17)13-23)19(24)21-16(20(25)27-3)12-15-8-5-4-6-9-15/h4-6,8-9,13-14,16-18H,7,10-12H2,1-3H3,(H,21,24)/t14-,16+,17+,18-/m1/s1. The number of carbonyl (C=O) groups is 3. The van der Waals surface area contributed by atoms with E-state index in [4.69, 9.17) is 9.47 Å². The molecule has 1 heterocycles. The number of methoxy groups -OCH3 is 2. The monoisotopic (exact) mass is 376 g/mol. The SMILES string of the molecule is COC(=O)[C@H](Cc1ccccc1)NC(=O)[C@H](C)[C@@H](OC)[C@@H]1CCCN1C=O. The maximum atomic E-state index is 12.8. The van der Waals surface area contributed by atoms with Crippen molar-refractivity contribution in [1.29, 1.82) is 0 Å². The Balaban J connectivity index is 2.08. The van der Waals surface area contributed by atoms with E-state index in [2.05, 4.69) is 5.32 Å². The van der Waals surface area contributed by atoms with Crippen LogP contribution in [0.25, 0.3) is 0 Å². The maximum absolute atomic E-state index is 12.8. The molecule has 0 aliphatic carbocycles. The molecule has 1 fully saturated rings. The van der Waals surface area contributed by atoms with Crippen LogP contribution in [-0.4, -0.2) is 62.1 Å². The van der Waals surface area contributed by atoms with Gasteiger partial charge in [0.15, 0.2) is 0 Å². The van der Waals surface area contributed by atoms with E-state index in [1.807, 2.05) is 30.3 Å². The highest BCUT2D eigenvalue weighted by Crippen LogP contribution is 2.25. The fraction of sp³-hybridized carbons (Fsp3) is 0.550. The molecule has 0 spiro atoms.